The monoisotopic (exact) mass is 358 g/mol. The van der Waals surface area contributed by atoms with Crippen molar-refractivity contribution in [1.82, 2.24) is 10.3 Å². The number of H-pyrrole nitrogens is 1. The average Bonchev–Trinajstić information content (AvgIpc) is 2.53. The van der Waals surface area contributed by atoms with Crippen LogP contribution in [0, 0.1) is 5.82 Å². The number of aromatic nitrogens is 1. The van der Waals surface area contributed by atoms with Crippen molar-refractivity contribution >= 4 is 5.91 Å². The Hall–Kier alpha value is -2.84. The fourth-order valence-electron chi connectivity index (χ4n) is 2.13. The van der Waals surface area contributed by atoms with Gasteiger partial charge in [-0.2, -0.15) is 13.2 Å². The molecule has 2 rings (SSSR count). The molecule has 0 aliphatic carbocycles. The van der Waals surface area contributed by atoms with Crippen LogP contribution in [0.4, 0.5) is 17.6 Å². The van der Waals surface area contributed by atoms with E-state index in [1.807, 2.05) is 0 Å². The minimum atomic E-state index is -4.72. The Balaban J connectivity index is 2.19. The topological polar surface area (TPSA) is 71.2 Å². The van der Waals surface area contributed by atoms with Crippen molar-refractivity contribution in [2.45, 2.75) is 19.1 Å². The summed E-state index contributed by atoms with van der Waals surface area (Å²) in [6, 6.07) is 4.75. The number of benzene rings is 1. The molecule has 0 bridgehead atoms. The third kappa shape index (κ3) is 4.17. The van der Waals surface area contributed by atoms with Gasteiger partial charge in [0.2, 0.25) is 0 Å². The number of rotatable bonds is 4. The molecule has 1 unspecified atom stereocenters. The predicted octanol–water partition coefficient (Wildman–Crippen LogP) is 3.03. The second-order valence-electron chi connectivity index (χ2n) is 5.20. The fourth-order valence-corrected chi connectivity index (χ4v) is 2.13. The van der Waals surface area contributed by atoms with Crippen LogP contribution in [0.5, 0.6) is 5.75 Å². The van der Waals surface area contributed by atoms with Gasteiger partial charge in [0.25, 0.3) is 11.5 Å². The molecular formula is C16H14F4N2O3. The maximum atomic E-state index is 13.7. The summed E-state index contributed by atoms with van der Waals surface area (Å²) in [6.07, 6.45) is -4.72. The molecule has 1 aromatic carbocycles. The standard InChI is InChI=1S/C16H14F4N2O3/c1-8(9-3-5-12(25-2)11(17)7-9)21-14(23)10-4-6-13(16(18,19)20)22-15(10)24/h3-8H,1-2H3,(H,21,23)(H,22,24). The highest BCUT2D eigenvalue weighted by Gasteiger charge is 2.32. The number of aromatic amines is 1. The van der Waals surface area contributed by atoms with Gasteiger partial charge < -0.3 is 15.0 Å². The van der Waals surface area contributed by atoms with Crippen molar-refractivity contribution in [2.24, 2.45) is 0 Å². The van der Waals surface area contributed by atoms with Gasteiger partial charge in [0, 0.05) is 0 Å². The van der Waals surface area contributed by atoms with Gasteiger partial charge in [-0.1, -0.05) is 6.07 Å². The van der Waals surface area contributed by atoms with Crippen LogP contribution >= 0.6 is 0 Å². The summed E-state index contributed by atoms with van der Waals surface area (Å²) < 4.78 is 56.0. The largest absolute Gasteiger partial charge is 0.494 e. The van der Waals surface area contributed by atoms with Crippen LogP contribution < -0.4 is 15.6 Å². The van der Waals surface area contributed by atoms with E-state index in [0.717, 1.165) is 12.1 Å². The molecule has 5 nitrogen and oxygen atoms in total. The Morgan fingerprint density at radius 1 is 1.24 bits per heavy atom. The molecule has 0 radical (unpaired) electrons. The van der Waals surface area contributed by atoms with Crippen LogP contribution in [0.2, 0.25) is 0 Å². The number of alkyl halides is 3. The zero-order valence-electron chi connectivity index (χ0n) is 13.2. The minimum absolute atomic E-state index is 0.0291. The van der Waals surface area contributed by atoms with Gasteiger partial charge in [-0.3, -0.25) is 9.59 Å². The number of hydrogen-bond donors (Lipinski definition) is 2. The molecule has 0 spiro atoms. The molecule has 1 amide bonds. The first-order valence-electron chi connectivity index (χ1n) is 7.08. The van der Waals surface area contributed by atoms with E-state index in [9.17, 15) is 27.2 Å². The third-order valence-corrected chi connectivity index (χ3v) is 3.48. The van der Waals surface area contributed by atoms with Crippen molar-refractivity contribution in [3.8, 4) is 5.75 Å². The first-order chi connectivity index (χ1) is 11.6. The SMILES string of the molecule is COc1ccc(C(C)NC(=O)c2ccc(C(F)(F)F)[nH]c2=O)cc1F. The number of halogens is 4. The van der Waals surface area contributed by atoms with Crippen molar-refractivity contribution in [3.05, 3.63) is 63.3 Å². The van der Waals surface area contributed by atoms with Crippen LogP contribution in [0.3, 0.4) is 0 Å². The molecule has 1 heterocycles. The number of carbonyl (C=O) groups excluding carboxylic acids is 1. The molecule has 1 aromatic heterocycles. The van der Waals surface area contributed by atoms with Crippen molar-refractivity contribution in [3.63, 3.8) is 0 Å². The Labute approximate surface area is 139 Å². The number of pyridine rings is 1. The van der Waals surface area contributed by atoms with Crippen molar-refractivity contribution in [2.75, 3.05) is 7.11 Å². The second kappa shape index (κ2) is 6.96. The van der Waals surface area contributed by atoms with Crippen molar-refractivity contribution in [1.29, 1.82) is 0 Å². The smallest absolute Gasteiger partial charge is 0.431 e. The van der Waals surface area contributed by atoms with Gasteiger partial charge in [0.15, 0.2) is 11.6 Å². The van der Waals surface area contributed by atoms with E-state index in [0.29, 0.717) is 11.6 Å². The summed E-state index contributed by atoms with van der Waals surface area (Å²) in [5.74, 6) is -1.48. The van der Waals surface area contributed by atoms with E-state index >= 15 is 0 Å². The van der Waals surface area contributed by atoms with Crippen molar-refractivity contribution < 1.29 is 27.1 Å². The molecule has 134 valence electrons. The maximum Gasteiger partial charge on any atom is 0.431 e. The predicted molar refractivity (Wildman–Crippen MR) is 80.9 cm³/mol. The van der Waals surface area contributed by atoms with Crippen LogP contribution in [0.25, 0.3) is 0 Å². The molecule has 0 saturated carbocycles. The van der Waals surface area contributed by atoms with E-state index in [-0.39, 0.29) is 5.75 Å². The van der Waals surface area contributed by atoms with Crippen LogP contribution in [-0.2, 0) is 6.18 Å². The number of nitrogens with one attached hydrogen (secondary N) is 2. The number of methoxy groups -OCH3 is 1. The Morgan fingerprint density at radius 3 is 2.44 bits per heavy atom. The number of ether oxygens (including phenoxy) is 1. The lowest BCUT2D eigenvalue weighted by molar-refractivity contribution is -0.141. The first kappa shape index (κ1) is 18.5. The zero-order valence-corrected chi connectivity index (χ0v) is 13.2. The van der Waals surface area contributed by atoms with Gasteiger partial charge >= 0.3 is 6.18 Å². The Morgan fingerprint density at radius 2 is 1.92 bits per heavy atom. The molecule has 2 aromatic rings. The lowest BCUT2D eigenvalue weighted by Gasteiger charge is -2.15. The zero-order chi connectivity index (χ0) is 18.8. The van der Waals surface area contributed by atoms with Gasteiger partial charge in [0.05, 0.1) is 13.2 Å². The molecule has 0 aliphatic rings. The molecule has 25 heavy (non-hydrogen) atoms. The Kier molecular flexibility index (Phi) is 5.15. The molecular weight excluding hydrogens is 344 g/mol. The van der Waals surface area contributed by atoms with E-state index < -0.39 is 40.8 Å². The van der Waals surface area contributed by atoms with E-state index in [1.165, 1.54) is 26.2 Å². The summed E-state index contributed by atoms with van der Waals surface area (Å²) >= 11 is 0. The quantitative estimate of drug-likeness (QED) is 0.826. The number of carbonyl (C=O) groups is 1. The van der Waals surface area contributed by atoms with Crippen LogP contribution in [0.15, 0.2) is 35.1 Å². The van der Waals surface area contributed by atoms with Gasteiger partial charge in [-0.25, -0.2) is 4.39 Å². The Bertz CT molecular complexity index is 846. The van der Waals surface area contributed by atoms with Gasteiger partial charge in [0.1, 0.15) is 11.3 Å². The third-order valence-electron chi connectivity index (χ3n) is 3.48. The van der Waals surface area contributed by atoms with Gasteiger partial charge in [-0.05, 0) is 36.8 Å². The number of hydrogen-bond acceptors (Lipinski definition) is 3. The lowest BCUT2D eigenvalue weighted by Crippen LogP contribution is -2.32. The molecule has 1 atom stereocenters. The summed E-state index contributed by atoms with van der Waals surface area (Å²) in [7, 11) is 1.31. The van der Waals surface area contributed by atoms with Gasteiger partial charge in [-0.15, -0.1) is 0 Å². The average molecular weight is 358 g/mol. The highest BCUT2D eigenvalue weighted by atomic mass is 19.4. The van der Waals surface area contributed by atoms with E-state index in [2.05, 4.69) is 5.32 Å². The second-order valence-corrected chi connectivity index (χ2v) is 5.20. The molecule has 0 aliphatic heterocycles. The summed E-state index contributed by atoms with van der Waals surface area (Å²) in [5, 5.41) is 2.43. The van der Waals surface area contributed by atoms with E-state index in [1.54, 1.807) is 4.98 Å². The first-order valence-corrected chi connectivity index (χ1v) is 7.08. The minimum Gasteiger partial charge on any atom is -0.494 e. The lowest BCUT2D eigenvalue weighted by atomic mass is 10.1. The fraction of sp³-hybridized carbons (Fsp3) is 0.250. The molecule has 0 saturated heterocycles. The summed E-state index contributed by atoms with van der Waals surface area (Å²) in [4.78, 5) is 25.4. The molecule has 9 heteroatoms. The summed E-state index contributed by atoms with van der Waals surface area (Å²) in [5.41, 5.74) is -2.50. The summed E-state index contributed by atoms with van der Waals surface area (Å²) in [6.45, 7) is 1.54. The molecule has 2 N–H and O–H groups in total. The van der Waals surface area contributed by atoms with E-state index in [4.69, 9.17) is 4.74 Å². The number of amides is 1. The normalized spacial score (nSPS) is 12.6. The van der Waals surface area contributed by atoms with Crippen LogP contribution in [-0.4, -0.2) is 18.0 Å². The van der Waals surface area contributed by atoms with Crippen LogP contribution in [0.1, 0.15) is 34.6 Å². The highest BCUT2D eigenvalue weighted by molar-refractivity contribution is 5.94. The maximum absolute atomic E-state index is 13.7. The molecule has 0 fully saturated rings. The highest BCUT2D eigenvalue weighted by Crippen LogP contribution is 2.26.